The predicted octanol–water partition coefficient (Wildman–Crippen LogP) is 19.5. The molecule has 0 aliphatic rings. The molecule has 0 spiro atoms. The van der Waals surface area contributed by atoms with Crippen molar-refractivity contribution in [2.45, 2.75) is 309 Å². The molecular weight excluding hydrogens is 669 g/mol. The number of aliphatic carboxylic acids is 1. The molecule has 0 unspecified atom stereocenters. The van der Waals surface area contributed by atoms with E-state index in [1.165, 1.54) is 276 Å². The van der Waals surface area contributed by atoms with Crippen LogP contribution >= 0.6 is 0 Å². The molecule has 0 bridgehead atoms. The summed E-state index contributed by atoms with van der Waals surface area (Å²) in [5.41, 5.74) is 0.488. The Morgan fingerprint density at radius 2 is 0.509 bits per heavy atom. The minimum atomic E-state index is -0.774. The predicted molar refractivity (Wildman–Crippen MR) is 249 cm³/mol. The van der Waals surface area contributed by atoms with Crippen LogP contribution in [0.1, 0.15) is 309 Å². The standard InChI is InChI=1S/C53H102O2/c1-3-5-7-9-11-13-15-17-19-21-23-25-27-28-29-31-33-35-37-39-41-43-45-47-49-51-52(53(54)55)50-48-46-44-42-40-38-36-34-32-30-26-24-22-20-18-16-14-12-10-8-6-4-2/h49-51H,3-48H2,1-2H3,(H,54,55). The molecule has 0 aromatic carbocycles. The molecule has 55 heavy (non-hydrogen) atoms. The Hall–Kier alpha value is -1.05. The van der Waals surface area contributed by atoms with E-state index < -0.39 is 5.97 Å². The van der Waals surface area contributed by atoms with Gasteiger partial charge in [-0.25, -0.2) is 4.79 Å². The molecule has 1 N–H and O–H groups in total. The van der Waals surface area contributed by atoms with E-state index in [-0.39, 0.29) is 0 Å². The van der Waals surface area contributed by atoms with E-state index in [0.29, 0.717) is 5.57 Å². The third-order valence-electron chi connectivity index (χ3n) is 12.2. The molecule has 0 fully saturated rings. The van der Waals surface area contributed by atoms with Crippen molar-refractivity contribution in [1.82, 2.24) is 0 Å². The highest BCUT2D eigenvalue weighted by Gasteiger charge is 2.03. The van der Waals surface area contributed by atoms with E-state index in [1.807, 2.05) is 12.2 Å². The van der Waals surface area contributed by atoms with Gasteiger partial charge >= 0.3 is 5.97 Å². The maximum absolute atomic E-state index is 11.7. The van der Waals surface area contributed by atoms with Gasteiger partial charge in [-0.15, -0.1) is 0 Å². The maximum atomic E-state index is 11.7. The second-order valence-corrected chi connectivity index (χ2v) is 17.8. The molecule has 2 heteroatoms. The summed E-state index contributed by atoms with van der Waals surface area (Å²) in [6, 6.07) is 0. The second kappa shape index (κ2) is 49.1. The third-order valence-corrected chi connectivity index (χ3v) is 12.2. The van der Waals surface area contributed by atoms with Gasteiger partial charge in [-0.3, -0.25) is 0 Å². The van der Waals surface area contributed by atoms with Crippen molar-refractivity contribution in [2.75, 3.05) is 0 Å². The molecule has 0 radical (unpaired) electrons. The third kappa shape index (κ3) is 47.2. The monoisotopic (exact) mass is 771 g/mol. The van der Waals surface area contributed by atoms with Gasteiger partial charge in [0.05, 0.1) is 5.57 Å². The van der Waals surface area contributed by atoms with Gasteiger partial charge in [0, 0.05) is 0 Å². The fourth-order valence-corrected chi connectivity index (χ4v) is 8.32. The van der Waals surface area contributed by atoms with Crippen LogP contribution in [0.2, 0.25) is 0 Å². The first-order valence-electron chi connectivity index (χ1n) is 25.8. The summed E-state index contributed by atoms with van der Waals surface area (Å²) in [5, 5.41) is 9.61. The summed E-state index contributed by atoms with van der Waals surface area (Å²) >= 11 is 0. The maximum Gasteiger partial charge on any atom is 0.335 e. The molecule has 0 rings (SSSR count). The smallest absolute Gasteiger partial charge is 0.335 e. The molecule has 0 heterocycles. The van der Waals surface area contributed by atoms with Crippen LogP contribution < -0.4 is 0 Å². The van der Waals surface area contributed by atoms with Gasteiger partial charge in [-0.2, -0.15) is 0 Å². The number of rotatable bonds is 48. The molecule has 0 aromatic rings. The molecule has 2 nitrogen and oxygen atoms in total. The first-order valence-corrected chi connectivity index (χ1v) is 25.8. The van der Waals surface area contributed by atoms with Gasteiger partial charge in [0.15, 0.2) is 0 Å². The first kappa shape index (κ1) is 53.9. The van der Waals surface area contributed by atoms with Crippen molar-refractivity contribution in [3.63, 3.8) is 0 Å². The highest BCUT2D eigenvalue weighted by molar-refractivity contribution is 5.89. The van der Waals surface area contributed by atoms with Crippen molar-refractivity contribution < 1.29 is 9.90 Å². The lowest BCUT2D eigenvalue weighted by Gasteiger charge is -2.04. The Morgan fingerprint density at radius 3 is 0.727 bits per heavy atom. The molecule has 0 aromatic heterocycles. The molecule has 0 aliphatic heterocycles. The Bertz CT molecular complexity index is 781. The van der Waals surface area contributed by atoms with Gasteiger partial charge in [-0.05, 0) is 25.7 Å². The molecule has 0 atom stereocenters. The van der Waals surface area contributed by atoms with Crippen LogP contribution in [0.5, 0.6) is 0 Å². The number of carboxylic acid groups (broad SMARTS) is 1. The number of unbranched alkanes of at least 4 members (excludes halogenated alkanes) is 44. The number of carbonyl (C=O) groups is 1. The number of hydrogen-bond donors (Lipinski definition) is 1. The van der Waals surface area contributed by atoms with Gasteiger partial charge in [0.25, 0.3) is 0 Å². The second-order valence-electron chi connectivity index (χ2n) is 17.8. The van der Waals surface area contributed by atoms with Crippen LogP contribution in [0.15, 0.2) is 23.8 Å². The lowest BCUT2D eigenvalue weighted by molar-refractivity contribution is -0.132. The summed E-state index contributed by atoms with van der Waals surface area (Å²) < 4.78 is 0. The van der Waals surface area contributed by atoms with Crippen LogP contribution in [-0.2, 0) is 4.79 Å². The average molecular weight is 771 g/mol. The fraction of sp³-hybridized carbons (Fsp3) is 0.906. The fourth-order valence-electron chi connectivity index (χ4n) is 8.32. The van der Waals surface area contributed by atoms with E-state index in [2.05, 4.69) is 19.9 Å². The minimum absolute atomic E-state index is 0.488. The highest BCUT2D eigenvalue weighted by Crippen LogP contribution is 2.18. The van der Waals surface area contributed by atoms with Crippen molar-refractivity contribution in [3.8, 4) is 0 Å². The van der Waals surface area contributed by atoms with Gasteiger partial charge in [-0.1, -0.05) is 302 Å². The van der Waals surface area contributed by atoms with Crippen molar-refractivity contribution in [3.05, 3.63) is 23.8 Å². The van der Waals surface area contributed by atoms with E-state index in [1.54, 1.807) is 0 Å². The Morgan fingerprint density at radius 1 is 0.309 bits per heavy atom. The average Bonchev–Trinajstić information content (AvgIpc) is 3.18. The number of carboxylic acids is 1. The van der Waals surface area contributed by atoms with Crippen molar-refractivity contribution in [2.24, 2.45) is 0 Å². The van der Waals surface area contributed by atoms with Crippen LogP contribution in [0.3, 0.4) is 0 Å². The van der Waals surface area contributed by atoms with Crippen LogP contribution in [0.25, 0.3) is 0 Å². The normalized spacial score (nSPS) is 12.1. The number of hydrogen-bond acceptors (Lipinski definition) is 1. The lowest BCUT2D eigenvalue weighted by atomic mass is 10.0. The summed E-state index contributed by atoms with van der Waals surface area (Å²) in [7, 11) is 0. The molecule has 0 saturated carbocycles. The zero-order valence-corrected chi connectivity index (χ0v) is 38.1. The zero-order chi connectivity index (χ0) is 39.8. The van der Waals surface area contributed by atoms with E-state index >= 15 is 0 Å². The Labute approximate surface area is 347 Å². The van der Waals surface area contributed by atoms with Crippen molar-refractivity contribution in [1.29, 1.82) is 0 Å². The van der Waals surface area contributed by atoms with Crippen LogP contribution in [0.4, 0.5) is 0 Å². The first-order chi connectivity index (χ1) is 27.2. The Kier molecular flexibility index (Phi) is 48.2. The SMILES string of the molecule is CCCCCCCCCCCCCCCCCCCCCCCC=C(C=CCCCCCCCCCCCCCCCCCCCCCCCCC)C(=O)O. The number of allylic oxidation sites excluding steroid dienone is 2. The lowest BCUT2D eigenvalue weighted by Crippen LogP contribution is -1.97. The quantitative estimate of drug-likeness (QED) is 0.0380. The molecule has 0 amide bonds. The van der Waals surface area contributed by atoms with E-state index in [9.17, 15) is 9.90 Å². The summed E-state index contributed by atoms with van der Waals surface area (Å²) in [6.07, 6.45) is 69.7. The highest BCUT2D eigenvalue weighted by atomic mass is 16.4. The minimum Gasteiger partial charge on any atom is -0.478 e. The summed E-state index contributed by atoms with van der Waals surface area (Å²) in [4.78, 5) is 11.7. The largest absolute Gasteiger partial charge is 0.478 e. The molecule has 326 valence electrons. The zero-order valence-electron chi connectivity index (χ0n) is 38.1. The topological polar surface area (TPSA) is 37.3 Å². The van der Waals surface area contributed by atoms with E-state index in [0.717, 1.165) is 19.3 Å². The van der Waals surface area contributed by atoms with Crippen LogP contribution in [0, 0.1) is 0 Å². The summed E-state index contributed by atoms with van der Waals surface area (Å²) in [5.74, 6) is -0.774. The molecular formula is C53H102O2. The van der Waals surface area contributed by atoms with Gasteiger partial charge < -0.3 is 5.11 Å². The Balaban J connectivity index is 3.42. The molecule has 0 aliphatic carbocycles. The van der Waals surface area contributed by atoms with E-state index in [4.69, 9.17) is 0 Å². The van der Waals surface area contributed by atoms with Crippen molar-refractivity contribution >= 4 is 5.97 Å². The van der Waals surface area contributed by atoms with Gasteiger partial charge in [0.1, 0.15) is 0 Å². The van der Waals surface area contributed by atoms with Gasteiger partial charge in [0.2, 0.25) is 0 Å². The van der Waals surface area contributed by atoms with Crippen LogP contribution in [-0.4, -0.2) is 11.1 Å². The summed E-state index contributed by atoms with van der Waals surface area (Å²) in [6.45, 7) is 4.60. The molecule has 0 saturated heterocycles.